The number of halogens is 1. The molecule has 0 spiro atoms. The molecule has 5 amide bonds. The summed E-state index contributed by atoms with van der Waals surface area (Å²) in [5.41, 5.74) is 2.01. The number of carbonyl (C=O) groups is 3. The quantitative estimate of drug-likeness (QED) is 0.235. The van der Waals surface area contributed by atoms with Crippen LogP contribution in [0, 0.1) is 25.6 Å². The molecule has 0 bridgehead atoms. The zero-order chi connectivity index (χ0) is 35.7. The minimum absolute atomic E-state index is 0.192. The van der Waals surface area contributed by atoms with Gasteiger partial charge >= 0.3 is 12.1 Å². The van der Waals surface area contributed by atoms with Crippen molar-refractivity contribution in [1.29, 1.82) is 0 Å². The molecular weight excluding hydrogens is 635 g/mol. The Kier molecular flexibility index (Phi) is 13.0. The lowest BCUT2D eigenvalue weighted by Crippen LogP contribution is -2.48. The normalized spacial score (nSPS) is 19.6. The molecule has 1 aliphatic heterocycles. The predicted octanol–water partition coefficient (Wildman–Crippen LogP) is 6.03. The zero-order valence-corrected chi connectivity index (χ0v) is 28.9. The van der Waals surface area contributed by atoms with E-state index in [0.717, 1.165) is 12.8 Å². The van der Waals surface area contributed by atoms with Crippen LogP contribution in [-0.4, -0.2) is 89.6 Å². The van der Waals surface area contributed by atoms with Gasteiger partial charge in [0.1, 0.15) is 22.9 Å². The number of aliphatic hydroxyl groups excluding tert-OH is 1. The maximum Gasteiger partial charge on any atom is 0.323 e. The minimum atomic E-state index is -0.576. The van der Waals surface area contributed by atoms with Gasteiger partial charge in [-0.25, -0.2) is 14.0 Å². The van der Waals surface area contributed by atoms with E-state index in [4.69, 9.17) is 14.0 Å². The van der Waals surface area contributed by atoms with Crippen molar-refractivity contribution in [3.8, 4) is 5.75 Å². The van der Waals surface area contributed by atoms with Crippen LogP contribution in [0.3, 0.4) is 0 Å². The third-order valence-corrected chi connectivity index (χ3v) is 8.48. The average Bonchev–Trinajstić information content (AvgIpc) is 3.38. The summed E-state index contributed by atoms with van der Waals surface area (Å²) in [6.45, 7) is 9.56. The largest absolute Gasteiger partial charge is 0.490 e. The van der Waals surface area contributed by atoms with Crippen molar-refractivity contribution in [3.05, 3.63) is 65.3 Å². The van der Waals surface area contributed by atoms with Gasteiger partial charge in [-0.05, 0) is 89.4 Å². The van der Waals surface area contributed by atoms with Gasteiger partial charge in [0.15, 0.2) is 5.76 Å². The van der Waals surface area contributed by atoms with Crippen LogP contribution in [0.4, 0.5) is 31.0 Å². The van der Waals surface area contributed by atoms with Crippen LogP contribution in [0.25, 0.3) is 0 Å². The summed E-state index contributed by atoms with van der Waals surface area (Å²) in [6.07, 6.45) is 1.59. The summed E-state index contributed by atoms with van der Waals surface area (Å²) in [6, 6.07) is 8.87. The molecule has 1 aromatic heterocycles. The monoisotopic (exact) mass is 682 g/mol. The number of hydrogen-bond acceptors (Lipinski definition) is 8. The van der Waals surface area contributed by atoms with Crippen molar-refractivity contribution in [2.75, 3.05) is 49.3 Å². The first-order valence-electron chi connectivity index (χ1n) is 16.5. The Morgan fingerprint density at radius 3 is 2.47 bits per heavy atom. The predicted molar refractivity (Wildman–Crippen MR) is 184 cm³/mol. The molecule has 49 heavy (non-hydrogen) atoms. The molecule has 14 heteroatoms. The molecule has 0 aliphatic carbocycles. The summed E-state index contributed by atoms with van der Waals surface area (Å²) in [5.74, 6) is -0.256. The van der Waals surface area contributed by atoms with Crippen LogP contribution < -0.4 is 20.7 Å². The van der Waals surface area contributed by atoms with Crippen molar-refractivity contribution in [1.82, 2.24) is 15.0 Å². The molecule has 0 fully saturated rings. The molecule has 13 nitrogen and oxygen atoms in total. The molecule has 0 unspecified atom stereocenters. The summed E-state index contributed by atoms with van der Waals surface area (Å²) in [7, 11) is 1.64. The summed E-state index contributed by atoms with van der Waals surface area (Å²) < 4.78 is 31.1. The average molecular weight is 683 g/mol. The lowest BCUT2D eigenvalue weighted by atomic mass is 10.0. The van der Waals surface area contributed by atoms with E-state index in [1.165, 1.54) is 29.2 Å². The van der Waals surface area contributed by atoms with Gasteiger partial charge in [-0.15, -0.1) is 0 Å². The van der Waals surface area contributed by atoms with E-state index >= 15 is 0 Å². The Balaban J connectivity index is 1.58. The Hall–Kier alpha value is -4.69. The van der Waals surface area contributed by atoms with Gasteiger partial charge in [0.05, 0.1) is 30.4 Å². The van der Waals surface area contributed by atoms with Crippen molar-refractivity contribution in [2.24, 2.45) is 5.92 Å². The third-order valence-electron chi connectivity index (χ3n) is 8.48. The fourth-order valence-electron chi connectivity index (χ4n) is 5.51. The number of aliphatic hydroxyl groups is 1. The van der Waals surface area contributed by atoms with Crippen LogP contribution >= 0.6 is 0 Å². The fourth-order valence-corrected chi connectivity index (χ4v) is 5.51. The molecule has 2 heterocycles. The molecular formula is C35H47FN6O7. The van der Waals surface area contributed by atoms with Gasteiger partial charge in [0, 0.05) is 44.0 Å². The Bertz CT molecular complexity index is 1560. The lowest BCUT2D eigenvalue weighted by molar-refractivity contribution is -0.0115. The topological polar surface area (TPSA) is 158 Å². The molecule has 266 valence electrons. The number of aryl methyl sites for hydroxylation is 2. The van der Waals surface area contributed by atoms with Crippen LogP contribution in [0.15, 0.2) is 47.0 Å². The van der Waals surface area contributed by atoms with E-state index in [-0.39, 0.29) is 37.3 Å². The molecule has 0 saturated carbocycles. The van der Waals surface area contributed by atoms with E-state index < -0.39 is 35.9 Å². The lowest BCUT2D eigenvalue weighted by Gasteiger charge is -2.35. The molecule has 3 aromatic rings. The van der Waals surface area contributed by atoms with Gasteiger partial charge in [-0.2, -0.15) is 0 Å². The SMILES string of the molecule is Cc1noc(C)c1NC(=O)Nc1ccc2c(c1)C(=O)N([C@H](C)CO)C[C@@H](C)[C@H](CN(C)C(=O)Nc1ccc(F)cc1)OCCCC[C@@H](C)O2. The third kappa shape index (κ3) is 10.2. The molecule has 0 saturated heterocycles. The molecule has 2 aromatic carbocycles. The van der Waals surface area contributed by atoms with Crippen molar-refractivity contribution in [3.63, 3.8) is 0 Å². The number of carbonyl (C=O) groups excluding carboxylic acids is 3. The van der Waals surface area contributed by atoms with Gasteiger partial charge in [0.2, 0.25) is 0 Å². The Morgan fingerprint density at radius 2 is 1.80 bits per heavy atom. The number of nitrogens with zero attached hydrogens (tertiary/aromatic N) is 3. The second-order valence-corrected chi connectivity index (χ2v) is 12.6. The van der Waals surface area contributed by atoms with Gasteiger partial charge in [0.25, 0.3) is 5.91 Å². The number of urea groups is 2. The van der Waals surface area contributed by atoms with Crippen LogP contribution in [-0.2, 0) is 4.74 Å². The van der Waals surface area contributed by atoms with Crippen LogP contribution in [0.5, 0.6) is 5.75 Å². The smallest absolute Gasteiger partial charge is 0.323 e. The number of fused-ring (bicyclic) bond motifs is 1. The van der Waals surface area contributed by atoms with E-state index in [0.29, 0.717) is 47.3 Å². The minimum Gasteiger partial charge on any atom is -0.490 e. The zero-order valence-electron chi connectivity index (χ0n) is 28.9. The van der Waals surface area contributed by atoms with Gasteiger partial charge in [-0.3, -0.25) is 4.79 Å². The van der Waals surface area contributed by atoms with Crippen molar-refractivity contribution < 1.29 is 37.9 Å². The van der Waals surface area contributed by atoms with Crippen molar-refractivity contribution in [2.45, 2.75) is 72.1 Å². The molecule has 4 N–H and O–H groups in total. The summed E-state index contributed by atoms with van der Waals surface area (Å²) in [5, 5.41) is 22.3. The number of benzene rings is 2. The molecule has 4 atom stereocenters. The van der Waals surface area contributed by atoms with E-state index in [9.17, 15) is 23.9 Å². The number of anilines is 3. The highest BCUT2D eigenvalue weighted by molar-refractivity contribution is 6.03. The highest BCUT2D eigenvalue weighted by atomic mass is 19.1. The van der Waals surface area contributed by atoms with Crippen LogP contribution in [0.2, 0.25) is 0 Å². The summed E-state index contributed by atoms with van der Waals surface area (Å²) >= 11 is 0. The molecule has 0 radical (unpaired) electrons. The number of nitrogens with one attached hydrogen (secondary N) is 3. The number of ether oxygens (including phenoxy) is 2. The highest BCUT2D eigenvalue weighted by Crippen LogP contribution is 2.29. The second kappa shape index (κ2) is 17.1. The summed E-state index contributed by atoms with van der Waals surface area (Å²) in [4.78, 5) is 43.3. The van der Waals surface area contributed by atoms with E-state index in [2.05, 4.69) is 21.1 Å². The number of rotatable bonds is 7. The molecule has 4 rings (SSSR count). The first-order chi connectivity index (χ1) is 23.4. The maximum absolute atomic E-state index is 14.4. The fraction of sp³-hybridized carbons (Fsp3) is 0.486. The second-order valence-electron chi connectivity index (χ2n) is 12.6. The number of likely N-dealkylation sites (N-methyl/N-ethyl adjacent to an activating group) is 1. The maximum atomic E-state index is 14.4. The highest BCUT2D eigenvalue weighted by Gasteiger charge is 2.31. The standard InChI is InChI=1S/C35H47FN6O7/c1-21-18-42(22(2)20-43)33(44)29-17-28(37-34(45)39-32-24(4)40-49-25(32)5)14-15-30(29)48-23(3)9-7-8-16-47-31(21)19-41(6)35(46)38-27-12-10-26(36)11-13-27/h10-15,17,21-23,31,43H,7-9,16,18-20H2,1-6H3,(H,38,46)(H2,37,39,45)/t21-,22-,23-,31+/m1/s1. The Morgan fingerprint density at radius 1 is 1.08 bits per heavy atom. The van der Waals surface area contributed by atoms with E-state index in [1.807, 2.05) is 13.8 Å². The first-order valence-corrected chi connectivity index (χ1v) is 16.5. The molecule has 1 aliphatic rings. The number of aromatic nitrogens is 1. The Labute approximate surface area is 286 Å². The number of hydrogen-bond donors (Lipinski definition) is 4. The van der Waals surface area contributed by atoms with Gasteiger partial charge in [-0.1, -0.05) is 12.1 Å². The van der Waals surface area contributed by atoms with Gasteiger partial charge < -0.3 is 44.9 Å². The van der Waals surface area contributed by atoms with E-state index in [1.54, 1.807) is 50.9 Å². The number of amides is 5. The van der Waals surface area contributed by atoms with Crippen molar-refractivity contribution >= 4 is 35.0 Å². The first kappa shape index (κ1) is 37.1. The van der Waals surface area contributed by atoms with Crippen LogP contribution in [0.1, 0.15) is 61.8 Å².